The van der Waals surface area contributed by atoms with E-state index in [0.29, 0.717) is 0 Å². The van der Waals surface area contributed by atoms with Crippen LogP contribution in [-0.4, -0.2) is 25.2 Å². The Morgan fingerprint density at radius 3 is 1.65 bits per heavy atom. The number of rotatable bonds is 6. The first-order valence-electron chi connectivity index (χ1n) is 5.41. The first kappa shape index (κ1) is 15.5. The van der Waals surface area contributed by atoms with Gasteiger partial charge in [-0.2, -0.15) is 0 Å². The summed E-state index contributed by atoms with van der Waals surface area (Å²) in [7, 11) is 0. The molecule has 0 saturated carbocycles. The summed E-state index contributed by atoms with van der Waals surface area (Å²) in [6.07, 6.45) is 1.00. The van der Waals surface area contributed by atoms with Crippen LogP contribution >= 0.6 is 0 Å². The van der Waals surface area contributed by atoms with Gasteiger partial charge in [-0.3, -0.25) is 20.2 Å². The van der Waals surface area contributed by atoms with E-state index < -0.39 is 51.3 Å². The molecule has 0 unspecified atom stereocenters. The Bertz CT molecular complexity index is 540. The maximum absolute atomic E-state index is 11.1. The Labute approximate surface area is 112 Å². The van der Waals surface area contributed by atoms with Gasteiger partial charge in [-0.25, -0.2) is 0 Å². The third kappa shape index (κ3) is 2.44. The first-order chi connectivity index (χ1) is 9.40. The fraction of sp³-hybridized carbons (Fsp3) is 0.273. The summed E-state index contributed by atoms with van der Waals surface area (Å²) >= 11 is 0. The van der Waals surface area contributed by atoms with Crippen LogP contribution in [0.1, 0.15) is 16.7 Å². The molecular weight excluding hydrogens is 272 g/mol. The van der Waals surface area contributed by atoms with Crippen LogP contribution in [0.3, 0.4) is 0 Å². The third-order valence-electron chi connectivity index (χ3n) is 2.74. The summed E-state index contributed by atoms with van der Waals surface area (Å²) in [4.78, 5) is 20.3. The van der Waals surface area contributed by atoms with Gasteiger partial charge in [0, 0.05) is 6.42 Å². The minimum Gasteiger partial charge on any atom is -0.507 e. The van der Waals surface area contributed by atoms with Gasteiger partial charge in [0.2, 0.25) is 0 Å². The monoisotopic (exact) mass is 284 g/mol. The van der Waals surface area contributed by atoms with E-state index in [9.17, 15) is 25.3 Å². The smallest absolute Gasteiger partial charge is 0.289 e. The van der Waals surface area contributed by atoms with Crippen molar-refractivity contribution < 1.29 is 25.2 Å². The Kier molecular flexibility index (Phi) is 4.73. The molecule has 0 fully saturated rings. The highest BCUT2D eigenvalue weighted by atomic mass is 16.6. The molecule has 0 aliphatic carbocycles. The molecule has 0 atom stereocenters. The number of aliphatic hydroxyl groups is 2. The average molecular weight is 284 g/mol. The highest BCUT2D eigenvalue weighted by Crippen LogP contribution is 2.42. The molecule has 0 aliphatic rings. The molecule has 0 radical (unpaired) electrons. The lowest BCUT2D eigenvalue weighted by atomic mass is 9.96. The maximum atomic E-state index is 11.1. The average Bonchev–Trinajstić information content (AvgIpc) is 2.38. The van der Waals surface area contributed by atoms with Crippen LogP contribution in [-0.2, 0) is 19.6 Å². The summed E-state index contributed by atoms with van der Waals surface area (Å²) in [5.41, 5.74) is -2.74. The zero-order valence-corrected chi connectivity index (χ0v) is 10.3. The lowest BCUT2D eigenvalue weighted by molar-refractivity contribution is -0.396. The number of hydrogen-bond donors (Lipinski definition) is 3. The summed E-state index contributed by atoms with van der Waals surface area (Å²) < 4.78 is 0. The van der Waals surface area contributed by atoms with E-state index in [-0.39, 0.29) is 12.0 Å². The Morgan fingerprint density at radius 1 is 1.00 bits per heavy atom. The number of aliphatic hydroxyl groups excluding tert-OH is 2. The van der Waals surface area contributed by atoms with Crippen LogP contribution in [0.15, 0.2) is 12.7 Å². The molecule has 0 bridgehead atoms. The zero-order valence-electron chi connectivity index (χ0n) is 10.3. The van der Waals surface area contributed by atoms with Crippen LogP contribution in [0.4, 0.5) is 11.4 Å². The van der Waals surface area contributed by atoms with Crippen LogP contribution in [0.5, 0.6) is 5.75 Å². The number of nitrogens with zero attached hydrogens (tertiary/aromatic N) is 2. The van der Waals surface area contributed by atoms with Crippen LogP contribution in [0, 0.1) is 20.2 Å². The molecule has 108 valence electrons. The van der Waals surface area contributed by atoms with Gasteiger partial charge in [-0.1, -0.05) is 6.08 Å². The summed E-state index contributed by atoms with van der Waals surface area (Å²) in [5.74, 6) is -0.846. The SMILES string of the molecule is C=CCc1c([N+](=O)[O-])c(CO)c(O)c(CO)c1[N+](=O)[O-]. The Balaban J connectivity index is 3.95. The van der Waals surface area contributed by atoms with E-state index in [1.807, 2.05) is 0 Å². The number of aromatic hydroxyl groups is 1. The molecule has 9 nitrogen and oxygen atoms in total. The van der Waals surface area contributed by atoms with Crippen LogP contribution < -0.4 is 0 Å². The second-order valence-corrected chi connectivity index (χ2v) is 3.80. The van der Waals surface area contributed by atoms with Crippen LogP contribution in [0.2, 0.25) is 0 Å². The van der Waals surface area contributed by atoms with Gasteiger partial charge in [0.15, 0.2) is 0 Å². The van der Waals surface area contributed by atoms with Crippen molar-refractivity contribution in [2.24, 2.45) is 0 Å². The highest BCUT2D eigenvalue weighted by Gasteiger charge is 2.35. The van der Waals surface area contributed by atoms with Crippen molar-refractivity contribution in [1.29, 1.82) is 0 Å². The quantitative estimate of drug-likeness (QED) is 0.399. The van der Waals surface area contributed by atoms with Gasteiger partial charge < -0.3 is 15.3 Å². The maximum Gasteiger partial charge on any atom is 0.289 e. The fourth-order valence-corrected chi connectivity index (χ4v) is 1.96. The predicted octanol–water partition coefficient (Wildman–Crippen LogP) is 0.922. The van der Waals surface area contributed by atoms with E-state index in [1.165, 1.54) is 6.08 Å². The summed E-state index contributed by atoms with van der Waals surface area (Å²) in [6.45, 7) is 1.57. The minimum atomic E-state index is -0.918. The minimum absolute atomic E-state index is 0.215. The molecule has 0 spiro atoms. The third-order valence-corrected chi connectivity index (χ3v) is 2.74. The van der Waals surface area contributed by atoms with Crippen molar-refractivity contribution in [3.05, 3.63) is 49.6 Å². The highest BCUT2D eigenvalue weighted by molar-refractivity contribution is 5.69. The topological polar surface area (TPSA) is 147 Å². The largest absolute Gasteiger partial charge is 0.507 e. The number of allylic oxidation sites excluding steroid dienone is 1. The standard InChI is InChI=1S/C11H12N2O7/c1-2-3-6-9(12(17)18)7(4-14)11(16)8(5-15)10(6)13(19)20/h2,14-16H,1,3-5H2. The van der Waals surface area contributed by atoms with E-state index in [1.54, 1.807) is 0 Å². The normalized spacial score (nSPS) is 10.3. The lowest BCUT2D eigenvalue weighted by Crippen LogP contribution is -2.08. The molecule has 0 aliphatic heterocycles. The van der Waals surface area contributed by atoms with Crippen molar-refractivity contribution in [3.63, 3.8) is 0 Å². The molecule has 0 heterocycles. The first-order valence-corrected chi connectivity index (χ1v) is 5.41. The van der Waals surface area contributed by atoms with Crippen molar-refractivity contribution in [2.75, 3.05) is 0 Å². The van der Waals surface area contributed by atoms with E-state index >= 15 is 0 Å². The van der Waals surface area contributed by atoms with Gasteiger partial charge >= 0.3 is 0 Å². The number of hydrogen-bond acceptors (Lipinski definition) is 7. The molecule has 20 heavy (non-hydrogen) atoms. The van der Waals surface area contributed by atoms with E-state index in [2.05, 4.69) is 6.58 Å². The molecule has 0 amide bonds. The van der Waals surface area contributed by atoms with Gasteiger partial charge in [-0.15, -0.1) is 6.58 Å². The Morgan fingerprint density at radius 2 is 1.40 bits per heavy atom. The van der Waals surface area contributed by atoms with Crippen LogP contribution in [0.25, 0.3) is 0 Å². The summed E-state index contributed by atoms with van der Waals surface area (Å²) in [5, 5.41) is 50.2. The van der Waals surface area contributed by atoms with Crippen molar-refractivity contribution in [1.82, 2.24) is 0 Å². The lowest BCUT2D eigenvalue weighted by Gasteiger charge is -2.12. The second-order valence-electron chi connectivity index (χ2n) is 3.80. The fourth-order valence-electron chi connectivity index (χ4n) is 1.96. The predicted molar refractivity (Wildman–Crippen MR) is 67.2 cm³/mol. The second kappa shape index (κ2) is 6.08. The molecule has 1 aromatic carbocycles. The zero-order chi connectivity index (χ0) is 15.4. The molecule has 0 aromatic heterocycles. The van der Waals surface area contributed by atoms with Gasteiger partial charge in [0.25, 0.3) is 11.4 Å². The molecular formula is C11H12N2O7. The number of phenols is 1. The number of benzene rings is 1. The molecule has 1 aromatic rings. The molecule has 3 N–H and O–H groups in total. The van der Waals surface area contributed by atoms with Gasteiger partial charge in [0.1, 0.15) is 11.3 Å². The molecule has 1 rings (SSSR count). The number of nitro benzene ring substituents is 2. The van der Waals surface area contributed by atoms with Crippen molar-refractivity contribution in [3.8, 4) is 5.75 Å². The van der Waals surface area contributed by atoms with E-state index in [0.717, 1.165) is 0 Å². The van der Waals surface area contributed by atoms with Gasteiger partial charge in [-0.05, 0) is 0 Å². The summed E-state index contributed by atoms with van der Waals surface area (Å²) in [6, 6.07) is 0. The Hall–Kier alpha value is -2.52. The molecule has 0 saturated heterocycles. The molecule has 9 heteroatoms. The van der Waals surface area contributed by atoms with Gasteiger partial charge in [0.05, 0.1) is 34.2 Å². The van der Waals surface area contributed by atoms with E-state index in [4.69, 9.17) is 10.2 Å². The number of nitro groups is 2. The van der Waals surface area contributed by atoms with Crippen molar-refractivity contribution in [2.45, 2.75) is 19.6 Å². The van der Waals surface area contributed by atoms with Crippen molar-refractivity contribution >= 4 is 11.4 Å².